The lowest BCUT2D eigenvalue weighted by Crippen LogP contribution is -2.21. The average Bonchev–Trinajstić information content (AvgIpc) is 2.81. The van der Waals surface area contributed by atoms with Gasteiger partial charge in [-0.25, -0.2) is 24.9 Å². The van der Waals surface area contributed by atoms with Crippen molar-refractivity contribution in [2.24, 2.45) is 4.99 Å². The van der Waals surface area contributed by atoms with Crippen LogP contribution in [0.1, 0.15) is 41.1 Å². The van der Waals surface area contributed by atoms with E-state index in [1.807, 2.05) is 6.07 Å². The van der Waals surface area contributed by atoms with Crippen LogP contribution in [0.25, 0.3) is 17.0 Å². The van der Waals surface area contributed by atoms with Gasteiger partial charge in [-0.15, -0.1) is 6.42 Å². The van der Waals surface area contributed by atoms with E-state index in [1.165, 1.54) is 6.92 Å². The SMILES string of the molecule is C#C/C(C)=C(C#N)/N=C1\C(=C)c2nc(C#N)c(C#N)nc2-c2nc(C#N)c(C#N)nc21. The minimum absolute atomic E-state index is 0.000778. The molecule has 0 aliphatic heterocycles. The molecular weight excluding hydrogens is 392 g/mol. The Labute approximate surface area is 176 Å². The number of terminal acetylenes is 1. The van der Waals surface area contributed by atoms with Gasteiger partial charge in [0.15, 0.2) is 28.5 Å². The van der Waals surface area contributed by atoms with Crippen LogP contribution in [-0.4, -0.2) is 25.6 Å². The standard InChI is InChI=1S/C21H6N10/c1-4-10(2)12(5-22)27-17-11(3)18-20(29-14(7-24)13(6-23)28-18)21-19(17)30-15(8-25)16(9-26)31-21/h1H,3H2,2H3/b12-10+,27-17+. The number of hydrogen-bond acceptors (Lipinski definition) is 10. The van der Waals surface area contributed by atoms with Gasteiger partial charge < -0.3 is 0 Å². The van der Waals surface area contributed by atoms with Crippen LogP contribution in [0.3, 0.4) is 0 Å². The highest BCUT2D eigenvalue weighted by Crippen LogP contribution is 2.36. The van der Waals surface area contributed by atoms with E-state index in [-0.39, 0.29) is 68.1 Å². The highest BCUT2D eigenvalue weighted by Gasteiger charge is 2.33. The fourth-order valence-corrected chi connectivity index (χ4v) is 2.64. The van der Waals surface area contributed by atoms with E-state index in [1.54, 1.807) is 24.3 Å². The number of fused-ring (bicyclic) bond motifs is 3. The Balaban J connectivity index is 2.52. The van der Waals surface area contributed by atoms with Gasteiger partial charge in [0.1, 0.15) is 58.8 Å². The molecule has 0 saturated heterocycles. The van der Waals surface area contributed by atoms with Gasteiger partial charge in [0.2, 0.25) is 0 Å². The molecule has 0 bridgehead atoms. The number of allylic oxidation sites excluding steroid dienone is 3. The molecule has 3 rings (SSSR count). The van der Waals surface area contributed by atoms with E-state index in [9.17, 15) is 26.3 Å². The highest BCUT2D eigenvalue weighted by atomic mass is 15.0. The highest BCUT2D eigenvalue weighted by molar-refractivity contribution is 6.35. The lowest BCUT2D eigenvalue weighted by Gasteiger charge is -2.21. The summed E-state index contributed by atoms with van der Waals surface area (Å²) in [6.07, 6.45) is 5.37. The molecule has 0 aromatic carbocycles. The first-order chi connectivity index (χ1) is 14.9. The summed E-state index contributed by atoms with van der Waals surface area (Å²) in [6, 6.07) is 8.98. The molecular formula is C21H6N10. The maximum Gasteiger partial charge on any atom is 0.177 e. The lowest BCUT2D eigenvalue weighted by molar-refractivity contribution is 1.05. The molecule has 2 aromatic heterocycles. The number of hydrogen-bond donors (Lipinski definition) is 0. The Hall–Kier alpha value is -5.68. The summed E-state index contributed by atoms with van der Waals surface area (Å²) in [7, 11) is 0. The zero-order valence-electron chi connectivity index (χ0n) is 15.8. The van der Waals surface area contributed by atoms with Crippen molar-refractivity contribution >= 4 is 11.3 Å². The number of nitrogens with zero attached hydrogens (tertiary/aromatic N) is 10. The molecule has 10 heteroatoms. The summed E-state index contributed by atoms with van der Waals surface area (Å²) in [5.41, 5.74) is -0.673. The Morgan fingerprint density at radius 1 is 0.774 bits per heavy atom. The van der Waals surface area contributed by atoms with Crippen LogP contribution in [0, 0.1) is 69.0 Å². The lowest BCUT2D eigenvalue weighted by atomic mass is 9.92. The third kappa shape index (κ3) is 3.12. The maximum atomic E-state index is 9.44. The first kappa shape index (κ1) is 20.1. The Morgan fingerprint density at radius 3 is 1.61 bits per heavy atom. The van der Waals surface area contributed by atoms with E-state index in [0.717, 1.165) is 0 Å². The van der Waals surface area contributed by atoms with Crippen molar-refractivity contribution in [1.82, 2.24) is 19.9 Å². The first-order valence-corrected chi connectivity index (χ1v) is 8.25. The van der Waals surface area contributed by atoms with Crippen molar-refractivity contribution in [2.75, 3.05) is 0 Å². The average molecular weight is 398 g/mol. The summed E-state index contributed by atoms with van der Waals surface area (Å²) in [5, 5.41) is 46.7. The van der Waals surface area contributed by atoms with Crippen LogP contribution >= 0.6 is 0 Å². The summed E-state index contributed by atoms with van der Waals surface area (Å²) in [5.74, 6) is 2.32. The molecule has 0 spiro atoms. The van der Waals surface area contributed by atoms with E-state index < -0.39 is 0 Å². The molecule has 1 aliphatic carbocycles. The van der Waals surface area contributed by atoms with Crippen molar-refractivity contribution in [3.8, 4) is 54.1 Å². The molecule has 2 heterocycles. The number of aliphatic imine (C=N–C) groups is 1. The van der Waals surface area contributed by atoms with E-state index >= 15 is 0 Å². The van der Waals surface area contributed by atoms with Gasteiger partial charge in [0.25, 0.3) is 0 Å². The Morgan fingerprint density at radius 2 is 1.19 bits per heavy atom. The zero-order chi connectivity index (χ0) is 22.7. The zero-order valence-corrected chi connectivity index (χ0v) is 15.8. The van der Waals surface area contributed by atoms with E-state index in [2.05, 4.69) is 37.4 Å². The molecule has 2 aromatic rings. The minimum Gasteiger partial charge on any atom is -0.234 e. The van der Waals surface area contributed by atoms with Crippen molar-refractivity contribution in [3.63, 3.8) is 0 Å². The van der Waals surface area contributed by atoms with Crippen LogP contribution in [0.4, 0.5) is 0 Å². The maximum absolute atomic E-state index is 9.44. The van der Waals surface area contributed by atoms with Crippen molar-refractivity contribution < 1.29 is 0 Å². The second-order valence-electron chi connectivity index (χ2n) is 5.85. The Bertz CT molecular complexity index is 1510. The molecule has 0 amide bonds. The molecule has 140 valence electrons. The summed E-state index contributed by atoms with van der Waals surface area (Å²) in [6.45, 7) is 5.43. The molecule has 0 saturated carbocycles. The van der Waals surface area contributed by atoms with Gasteiger partial charge in [-0.1, -0.05) is 12.5 Å². The Kier molecular flexibility index (Phi) is 5.01. The second-order valence-corrected chi connectivity index (χ2v) is 5.85. The molecule has 1 aliphatic rings. The fourth-order valence-electron chi connectivity index (χ4n) is 2.64. The van der Waals surface area contributed by atoms with Gasteiger partial charge in [-0.05, 0) is 6.92 Å². The van der Waals surface area contributed by atoms with Gasteiger partial charge in [-0.2, -0.15) is 26.3 Å². The van der Waals surface area contributed by atoms with Crippen LogP contribution in [0.15, 0.2) is 22.8 Å². The van der Waals surface area contributed by atoms with Crippen LogP contribution in [-0.2, 0) is 0 Å². The number of rotatable bonds is 1. The van der Waals surface area contributed by atoms with Gasteiger partial charge in [-0.3, -0.25) is 0 Å². The molecule has 10 nitrogen and oxygen atoms in total. The molecule has 0 radical (unpaired) electrons. The largest absolute Gasteiger partial charge is 0.234 e. The third-order valence-electron chi connectivity index (χ3n) is 4.14. The van der Waals surface area contributed by atoms with Gasteiger partial charge in [0, 0.05) is 11.1 Å². The predicted molar refractivity (Wildman–Crippen MR) is 105 cm³/mol. The molecule has 31 heavy (non-hydrogen) atoms. The molecule has 0 N–H and O–H groups in total. The number of aromatic nitrogens is 4. The van der Waals surface area contributed by atoms with Gasteiger partial charge in [0.05, 0.1) is 0 Å². The van der Waals surface area contributed by atoms with E-state index in [4.69, 9.17) is 6.42 Å². The topological polar surface area (TPSA) is 183 Å². The molecule has 0 atom stereocenters. The van der Waals surface area contributed by atoms with Crippen LogP contribution in [0.2, 0.25) is 0 Å². The van der Waals surface area contributed by atoms with Gasteiger partial charge >= 0.3 is 0 Å². The van der Waals surface area contributed by atoms with Crippen LogP contribution in [0.5, 0.6) is 0 Å². The smallest absolute Gasteiger partial charge is 0.177 e. The normalized spacial score (nSPS) is 13.1. The summed E-state index contributed by atoms with van der Waals surface area (Å²) in [4.78, 5) is 20.9. The molecule has 0 unspecified atom stereocenters. The van der Waals surface area contributed by atoms with Crippen LogP contribution < -0.4 is 0 Å². The quantitative estimate of drug-likeness (QED) is 0.509. The first-order valence-electron chi connectivity index (χ1n) is 8.25. The third-order valence-corrected chi connectivity index (χ3v) is 4.14. The summed E-state index contributed by atoms with van der Waals surface area (Å²) < 4.78 is 0. The number of nitriles is 5. The monoisotopic (exact) mass is 398 g/mol. The fraction of sp³-hybridized carbons (Fsp3) is 0.0476. The van der Waals surface area contributed by atoms with Crippen molar-refractivity contribution in [3.05, 3.63) is 52.0 Å². The predicted octanol–water partition coefficient (Wildman–Crippen LogP) is 1.67. The minimum atomic E-state index is -0.278. The summed E-state index contributed by atoms with van der Waals surface area (Å²) >= 11 is 0. The van der Waals surface area contributed by atoms with Crippen molar-refractivity contribution in [1.29, 1.82) is 26.3 Å². The van der Waals surface area contributed by atoms with E-state index in [0.29, 0.717) is 0 Å². The van der Waals surface area contributed by atoms with Crippen molar-refractivity contribution in [2.45, 2.75) is 6.92 Å². The second kappa shape index (κ2) is 7.75. The molecule has 0 fully saturated rings.